The fourth-order valence-corrected chi connectivity index (χ4v) is 3.55. The van der Waals surface area contributed by atoms with Crippen molar-refractivity contribution in [1.82, 2.24) is 4.90 Å². The summed E-state index contributed by atoms with van der Waals surface area (Å²) in [7, 11) is 0. The number of nitrogens with zero attached hydrogens (tertiary/aromatic N) is 1. The first-order valence-electron chi connectivity index (χ1n) is 6.45. The molecule has 116 valence electrons. The summed E-state index contributed by atoms with van der Waals surface area (Å²) in [6, 6.07) is 1.60. The lowest BCUT2D eigenvalue weighted by molar-refractivity contribution is -0.149. The maximum atomic E-state index is 12.5. The summed E-state index contributed by atoms with van der Waals surface area (Å²) < 4.78 is 37.4. The van der Waals surface area contributed by atoms with Crippen molar-refractivity contribution in [2.24, 2.45) is 0 Å². The van der Waals surface area contributed by atoms with Crippen LogP contribution in [0.25, 0.3) is 0 Å². The van der Waals surface area contributed by atoms with Crippen LogP contribution in [0.4, 0.5) is 13.2 Å². The third kappa shape index (κ3) is 4.20. The van der Waals surface area contributed by atoms with Gasteiger partial charge < -0.3 is 10.0 Å². The fraction of sp³-hybridized carbons (Fsp3) is 0.538. The van der Waals surface area contributed by atoms with Crippen LogP contribution in [0, 0.1) is 0 Å². The van der Waals surface area contributed by atoms with Crippen LogP contribution in [-0.4, -0.2) is 41.1 Å². The van der Waals surface area contributed by atoms with Crippen LogP contribution in [0.3, 0.4) is 0 Å². The van der Waals surface area contributed by atoms with E-state index in [2.05, 4.69) is 0 Å². The molecular formula is C13H14F3NO3S. The highest BCUT2D eigenvalue weighted by atomic mass is 32.1. The van der Waals surface area contributed by atoms with E-state index in [0.717, 1.165) is 36.1 Å². The normalized spacial score (nSPS) is 14.6. The third-order valence-corrected chi connectivity index (χ3v) is 4.42. The lowest BCUT2D eigenvalue weighted by Gasteiger charge is -2.21. The van der Waals surface area contributed by atoms with Crippen LogP contribution in [-0.2, 0) is 17.6 Å². The molecule has 2 rings (SSSR count). The van der Waals surface area contributed by atoms with Crippen molar-refractivity contribution >= 4 is 23.2 Å². The maximum Gasteiger partial charge on any atom is 0.406 e. The number of hydrogen-bond acceptors (Lipinski definition) is 3. The highest BCUT2D eigenvalue weighted by Crippen LogP contribution is 2.30. The van der Waals surface area contributed by atoms with E-state index in [4.69, 9.17) is 5.11 Å². The van der Waals surface area contributed by atoms with Gasteiger partial charge in [-0.05, 0) is 37.3 Å². The van der Waals surface area contributed by atoms with E-state index in [9.17, 15) is 22.8 Å². The van der Waals surface area contributed by atoms with Crippen molar-refractivity contribution in [3.05, 3.63) is 21.4 Å². The van der Waals surface area contributed by atoms with Gasteiger partial charge in [-0.1, -0.05) is 0 Å². The maximum absolute atomic E-state index is 12.5. The van der Waals surface area contributed by atoms with Crippen LogP contribution in [0.1, 0.15) is 33.0 Å². The molecule has 1 N–H and O–H groups in total. The highest BCUT2D eigenvalue weighted by Gasteiger charge is 2.35. The number of alkyl halides is 3. The second-order valence-electron chi connectivity index (χ2n) is 4.94. The third-order valence-electron chi connectivity index (χ3n) is 3.19. The minimum Gasteiger partial charge on any atom is -0.480 e. The van der Waals surface area contributed by atoms with E-state index in [1.807, 2.05) is 0 Å². The molecule has 1 amide bonds. The Morgan fingerprint density at radius 2 is 1.95 bits per heavy atom. The number of amides is 1. The zero-order valence-electron chi connectivity index (χ0n) is 11.1. The van der Waals surface area contributed by atoms with Gasteiger partial charge in [-0.3, -0.25) is 9.59 Å². The molecule has 1 aliphatic carbocycles. The molecule has 1 aromatic heterocycles. The SMILES string of the molecule is O=C(O)CN(CC(F)(F)F)C(=O)c1cc2c(s1)CCCC2. The monoisotopic (exact) mass is 321 g/mol. The molecule has 4 nitrogen and oxygen atoms in total. The van der Waals surface area contributed by atoms with E-state index < -0.39 is 31.1 Å². The number of hydrogen-bond donors (Lipinski definition) is 1. The molecule has 0 aromatic carbocycles. The van der Waals surface area contributed by atoms with Gasteiger partial charge in [0.25, 0.3) is 5.91 Å². The van der Waals surface area contributed by atoms with Gasteiger partial charge in [0.05, 0.1) is 4.88 Å². The first-order valence-corrected chi connectivity index (χ1v) is 7.27. The average molecular weight is 321 g/mol. The molecule has 0 radical (unpaired) electrons. The van der Waals surface area contributed by atoms with Crippen LogP contribution in [0.2, 0.25) is 0 Å². The van der Waals surface area contributed by atoms with Gasteiger partial charge in [-0.15, -0.1) is 11.3 Å². The van der Waals surface area contributed by atoms with Gasteiger partial charge in [0.15, 0.2) is 0 Å². The number of carboxylic acids is 1. The zero-order valence-corrected chi connectivity index (χ0v) is 11.9. The Morgan fingerprint density at radius 3 is 2.52 bits per heavy atom. The largest absolute Gasteiger partial charge is 0.480 e. The number of rotatable bonds is 4. The summed E-state index contributed by atoms with van der Waals surface area (Å²) in [5.41, 5.74) is 0.997. The molecule has 1 heterocycles. The molecule has 0 saturated heterocycles. The van der Waals surface area contributed by atoms with Crippen LogP contribution < -0.4 is 0 Å². The highest BCUT2D eigenvalue weighted by molar-refractivity contribution is 7.14. The first kappa shape index (κ1) is 15.8. The minimum absolute atomic E-state index is 0.187. The fourth-order valence-electron chi connectivity index (χ4n) is 2.33. The van der Waals surface area contributed by atoms with Gasteiger partial charge >= 0.3 is 12.1 Å². The Balaban J connectivity index is 2.20. The molecule has 0 aliphatic heterocycles. The molecule has 1 aliphatic rings. The summed E-state index contributed by atoms with van der Waals surface area (Å²) in [5.74, 6) is -2.33. The Labute approximate surface area is 123 Å². The summed E-state index contributed by atoms with van der Waals surface area (Å²) >= 11 is 1.17. The number of aliphatic carboxylic acids is 1. The molecule has 1 aromatic rings. The standard InChI is InChI=1S/C13H14F3NO3S/c14-13(15,16)7-17(6-11(18)19)12(20)10-5-8-3-1-2-4-9(8)21-10/h5H,1-4,6-7H2,(H,18,19). The molecule has 0 fully saturated rings. The van der Waals surface area contributed by atoms with Gasteiger partial charge in [-0.25, -0.2) is 0 Å². The quantitative estimate of drug-likeness (QED) is 0.927. The topological polar surface area (TPSA) is 57.6 Å². The molecule has 0 unspecified atom stereocenters. The molecule has 0 saturated carbocycles. The number of halogens is 3. The van der Waals surface area contributed by atoms with Gasteiger partial charge in [0.2, 0.25) is 0 Å². The Bertz CT molecular complexity index is 530. The van der Waals surface area contributed by atoms with Crippen molar-refractivity contribution in [2.45, 2.75) is 31.9 Å². The van der Waals surface area contributed by atoms with Crippen molar-refractivity contribution in [3.63, 3.8) is 0 Å². The van der Waals surface area contributed by atoms with Crippen LogP contribution in [0.5, 0.6) is 0 Å². The summed E-state index contributed by atoms with van der Waals surface area (Å²) in [5, 5.41) is 8.68. The van der Waals surface area contributed by atoms with E-state index in [1.165, 1.54) is 11.3 Å². The number of aryl methyl sites for hydroxylation is 2. The van der Waals surface area contributed by atoms with Gasteiger partial charge in [0, 0.05) is 4.88 Å². The molecule has 0 spiro atoms. The van der Waals surface area contributed by atoms with E-state index >= 15 is 0 Å². The van der Waals surface area contributed by atoms with E-state index in [1.54, 1.807) is 6.07 Å². The molecule has 21 heavy (non-hydrogen) atoms. The molecular weight excluding hydrogens is 307 g/mol. The number of carboxylic acid groups (broad SMARTS) is 1. The van der Waals surface area contributed by atoms with E-state index in [-0.39, 0.29) is 4.88 Å². The van der Waals surface area contributed by atoms with Crippen molar-refractivity contribution in [3.8, 4) is 0 Å². The lowest BCUT2D eigenvalue weighted by atomic mass is 9.99. The van der Waals surface area contributed by atoms with Gasteiger partial charge in [-0.2, -0.15) is 13.2 Å². The van der Waals surface area contributed by atoms with Crippen molar-refractivity contribution < 1.29 is 27.9 Å². The van der Waals surface area contributed by atoms with Crippen molar-refractivity contribution in [2.75, 3.05) is 13.1 Å². The number of thiophene rings is 1. The average Bonchev–Trinajstić information content (AvgIpc) is 2.78. The molecule has 0 atom stereocenters. The van der Waals surface area contributed by atoms with Crippen molar-refractivity contribution in [1.29, 1.82) is 0 Å². The Hall–Kier alpha value is -1.57. The second-order valence-corrected chi connectivity index (χ2v) is 6.07. The Morgan fingerprint density at radius 1 is 1.29 bits per heavy atom. The van der Waals surface area contributed by atoms with Gasteiger partial charge in [0.1, 0.15) is 13.1 Å². The van der Waals surface area contributed by atoms with E-state index in [0.29, 0.717) is 4.90 Å². The first-order chi connectivity index (χ1) is 9.76. The summed E-state index contributed by atoms with van der Waals surface area (Å²) in [6.07, 6.45) is -0.980. The summed E-state index contributed by atoms with van der Waals surface area (Å²) in [4.78, 5) is 24.4. The predicted molar refractivity (Wildman–Crippen MR) is 70.6 cm³/mol. The summed E-state index contributed by atoms with van der Waals surface area (Å²) in [6.45, 7) is -2.51. The number of carbonyl (C=O) groups excluding carboxylic acids is 1. The number of carbonyl (C=O) groups is 2. The smallest absolute Gasteiger partial charge is 0.406 e. The zero-order chi connectivity index (χ0) is 15.6. The Kier molecular flexibility index (Phi) is 4.55. The lowest BCUT2D eigenvalue weighted by Crippen LogP contribution is -2.41. The van der Waals surface area contributed by atoms with Crippen LogP contribution >= 0.6 is 11.3 Å². The molecule has 0 bridgehead atoms. The molecule has 8 heteroatoms. The number of fused-ring (bicyclic) bond motifs is 1. The van der Waals surface area contributed by atoms with Crippen LogP contribution in [0.15, 0.2) is 6.07 Å². The predicted octanol–water partition coefficient (Wildman–Crippen LogP) is 2.72. The minimum atomic E-state index is -4.62. The second kappa shape index (κ2) is 6.05.